The fourth-order valence-electron chi connectivity index (χ4n) is 2.39. The van der Waals surface area contributed by atoms with Crippen LogP contribution in [0.2, 0.25) is 0 Å². The maximum atomic E-state index is 12.3. The summed E-state index contributed by atoms with van der Waals surface area (Å²) >= 11 is 6.71. The van der Waals surface area contributed by atoms with Crippen LogP contribution in [0, 0.1) is 0 Å². The lowest BCUT2D eigenvalue weighted by molar-refractivity contribution is -0.136. The van der Waals surface area contributed by atoms with Crippen LogP contribution in [0.3, 0.4) is 0 Å². The van der Waals surface area contributed by atoms with Crippen molar-refractivity contribution in [1.82, 2.24) is 4.90 Å². The topological polar surface area (TPSA) is 63.7 Å². The van der Waals surface area contributed by atoms with E-state index in [1.165, 1.54) is 4.90 Å². The van der Waals surface area contributed by atoms with Crippen molar-refractivity contribution in [3.63, 3.8) is 0 Å². The Bertz CT molecular complexity index is 692. The second-order valence-corrected chi connectivity index (χ2v) is 9.61. The van der Waals surface area contributed by atoms with E-state index in [2.05, 4.69) is 31.9 Å². The minimum Gasteiger partial charge on any atom is -0.483 e. The smallest absolute Gasteiger partial charge is 0.260 e. The van der Waals surface area contributed by atoms with Crippen LogP contribution in [0.15, 0.2) is 27.1 Å². The summed E-state index contributed by atoms with van der Waals surface area (Å²) in [4.78, 5) is 13.8. The van der Waals surface area contributed by atoms with Crippen molar-refractivity contribution in [3.05, 3.63) is 27.1 Å². The summed E-state index contributed by atoms with van der Waals surface area (Å²) in [5.74, 6) is 0.452. The number of ether oxygens (including phenoxy) is 1. The summed E-state index contributed by atoms with van der Waals surface area (Å²) in [6.45, 7) is 1.66. The van der Waals surface area contributed by atoms with Crippen LogP contribution < -0.4 is 4.74 Å². The standard InChI is InChI=1S/C14H17Br2NO4S/c1-14(5-6-22(19,20)9-14)17(2)13(18)8-21-12-4-3-10(15)7-11(12)16/h3-4,7H,5-6,8-9H2,1-2H3. The lowest BCUT2D eigenvalue weighted by Gasteiger charge is -2.34. The lowest BCUT2D eigenvalue weighted by atomic mass is 10.00. The van der Waals surface area contributed by atoms with Crippen LogP contribution in [0.4, 0.5) is 0 Å². The molecule has 0 saturated carbocycles. The van der Waals surface area contributed by atoms with Crippen molar-refractivity contribution >= 4 is 47.6 Å². The van der Waals surface area contributed by atoms with Crippen LogP contribution in [-0.4, -0.2) is 49.9 Å². The predicted octanol–water partition coefficient (Wildman–Crippen LogP) is 2.63. The number of carbonyl (C=O) groups excluding carboxylic acids is 1. The first kappa shape index (κ1) is 17.7. The van der Waals surface area contributed by atoms with Gasteiger partial charge in [-0.25, -0.2) is 8.42 Å². The first-order chi connectivity index (χ1) is 10.1. The number of nitrogens with zero attached hydrogens (tertiary/aromatic N) is 1. The molecular formula is C14H17Br2NO4S. The van der Waals surface area contributed by atoms with Gasteiger partial charge in [-0.15, -0.1) is 0 Å². The second kappa shape index (κ2) is 6.49. The van der Waals surface area contributed by atoms with Crippen molar-refractivity contribution < 1.29 is 17.9 Å². The van der Waals surface area contributed by atoms with Gasteiger partial charge in [-0.05, 0) is 47.5 Å². The summed E-state index contributed by atoms with van der Waals surface area (Å²) in [5.41, 5.74) is -0.657. The number of hydrogen-bond acceptors (Lipinski definition) is 4. The quantitative estimate of drug-likeness (QED) is 0.701. The van der Waals surface area contributed by atoms with Gasteiger partial charge < -0.3 is 9.64 Å². The highest BCUT2D eigenvalue weighted by Gasteiger charge is 2.43. The molecule has 8 heteroatoms. The van der Waals surface area contributed by atoms with Crippen LogP contribution in [0.25, 0.3) is 0 Å². The average molecular weight is 455 g/mol. The molecule has 1 aromatic carbocycles. The maximum absolute atomic E-state index is 12.3. The van der Waals surface area contributed by atoms with E-state index >= 15 is 0 Å². The van der Waals surface area contributed by atoms with Gasteiger partial charge in [-0.3, -0.25) is 4.79 Å². The summed E-state index contributed by atoms with van der Waals surface area (Å²) in [5, 5.41) is 0. The highest BCUT2D eigenvalue weighted by molar-refractivity contribution is 9.11. The Morgan fingerprint density at radius 2 is 2.09 bits per heavy atom. The average Bonchev–Trinajstić information content (AvgIpc) is 2.71. The number of amides is 1. The zero-order valence-corrected chi connectivity index (χ0v) is 16.3. The zero-order chi connectivity index (χ0) is 16.5. The molecule has 2 rings (SSSR count). The third-order valence-corrected chi connectivity index (χ3v) is 6.91. The molecule has 5 nitrogen and oxygen atoms in total. The minimum atomic E-state index is -3.06. The van der Waals surface area contributed by atoms with E-state index in [9.17, 15) is 13.2 Å². The van der Waals surface area contributed by atoms with Crippen molar-refractivity contribution in [2.45, 2.75) is 18.9 Å². The van der Waals surface area contributed by atoms with Gasteiger partial charge in [-0.2, -0.15) is 0 Å². The van der Waals surface area contributed by atoms with E-state index in [0.29, 0.717) is 12.2 Å². The van der Waals surface area contributed by atoms with Gasteiger partial charge in [0.25, 0.3) is 5.91 Å². The molecular weight excluding hydrogens is 438 g/mol. The van der Waals surface area contributed by atoms with E-state index in [4.69, 9.17) is 4.74 Å². The highest BCUT2D eigenvalue weighted by atomic mass is 79.9. The Balaban J connectivity index is 2.00. The summed E-state index contributed by atoms with van der Waals surface area (Å²) in [6.07, 6.45) is 0.458. The number of rotatable bonds is 4. The molecule has 1 atom stereocenters. The summed E-state index contributed by atoms with van der Waals surface area (Å²) in [6, 6.07) is 5.40. The van der Waals surface area contributed by atoms with E-state index in [-0.39, 0.29) is 24.0 Å². The first-order valence-electron chi connectivity index (χ1n) is 6.68. The zero-order valence-electron chi connectivity index (χ0n) is 12.3. The molecule has 0 aromatic heterocycles. The molecule has 0 spiro atoms. The van der Waals surface area contributed by atoms with Crippen LogP contribution in [-0.2, 0) is 14.6 Å². The molecule has 122 valence electrons. The number of sulfone groups is 1. The third kappa shape index (κ3) is 4.02. The minimum absolute atomic E-state index is 0.00418. The Labute approximate surface area is 147 Å². The summed E-state index contributed by atoms with van der Waals surface area (Å²) in [7, 11) is -1.43. The van der Waals surface area contributed by atoms with Crippen molar-refractivity contribution in [1.29, 1.82) is 0 Å². The van der Waals surface area contributed by atoms with E-state index in [0.717, 1.165) is 8.95 Å². The van der Waals surface area contributed by atoms with Crippen molar-refractivity contribution in [3.8, 4) is 5.75 Å². The lowest BCUT2D eigenvalue weighted by Crippen LogP contribution is -2.49. The molecule has 22 heavy (non-hydrogen) atoms. The van der Waals surface area contributed by atoms with Crippen LogP contribution in [0.5, 0.6) is 5.75 Å². The van der Waals surface area contributed by atoms with E-state index < -0.39 is 15.4 Å². The predicted molar refractivity (Wildman–Crippen MR) is 91.8 cm³/mol. The molecule has 1 heterocycles. The molecule has 0 bridgehead atoms. The Morgan fingerprint density at radius 3 is 2.64 bits per heavy atom. The maximum Gasteiger partial charge on any atom is 0.260 e. The third-order valence-electron chi connectivity index (χ3n) is 3.91. The van der Waals surface area contributed by atoms with Gasteiger partial charge in [0.05, 0.1) is 21.5 Å². The number of benzene rings is 1. The molecule has 1 amide bonds. The number of hydrogen-bond donors (Lipinski definition) is 0. The second-order valence-electron chi connectivity index (χ2n) is 5.66. The van der Waals surface area contributed by atoms with E-state index in [1.54, 1.807) is 20.0 Å². The largest absolute Gasteiger partial charge is 0.483 e. The molecule has 0 radical (unpaired) electrons. The van der Waals surface area contributed by atoms with Gasteiger partial charge in [0.2, 0.25) is 0 Å². The fraction of sp³-hybridized carbons (Fsp3) is 0.500. The number of carbonyl (C=O) groups is 1. The van der Waals surface area contributed by atoms with Gasteiger partial charge in [-0.1, -0.05) is 15.9 Å². The molecule has 1 aliphatic heterocycles. The molecule has 1 saturated heterocycles. The monoisotopic (exact) mass is 453 g/mol. The normalized spacial score (nSPS) is 23.3. The Morgan fingerprint density at radius 1 is 1.41 bits per heavy atom. The van der Waals surface area contributed by atoms with Crippen molar-refractivity contribution in [2.24, 2.45) is 0 Å². The van der Waals surface area contributed by atoms with Crippen LogP contribution >= 0.6 is 31.9 Å². The van der Waals surface area contributed by atoms with Gasteiger partial charge in [0.15, 0.2) is 16.4 Å². The van der Waals surface area contributed by atoms with Gasteiger partial charge in [0.1, 0.15) is 5.75 Å². The van der Waals surface area contributed by atoms with Gasteiger partial charge in [0, 0.05) is 11.5 Å². The molecule has 1 fully saturated rings. The molecule has 0 aliphatic carbocycles. The SMILES string of the molecule is CN(C(=O)COc1ccc(Br)cc1Br)C1(C)CCS(=O)(=O)C1. The van der Waals surface area contributed by atoms with Crippen molar-refractivity contribution in [2.75, 3.05) is 25.2 Å². The molecule has 1 aromatic rings. The number of halogens is 2. The molecule has 1 unspecified atom stereocenters. The Hall–Kier alpha value is -0.600. The highest BCUT2D eigenvalue weighted by Crippen LogP contribution is 2.30. The van der Waals surface area contributed by atoms with Crippen LogP contribution in [0.1, 0.15) is 13.3 Å². The molecule has 1 aliphatic rings. The van der Waals surface area contributed by atoms with E-state index in [1.807, 2.05) is 12.1 Å². The Kier molecular flexibility index (Phi) is 5.23. The molecule has 0 N–H and O–H groups in total. The number of likely N-dealkylation sites (N-methyl/N-ethyl adjacent to an activating group) is 1. The first-order valence-corrected chi connectivity index (χ1v) is 10.1. The van der Waals surface area contributed by atoms with Gasteiger partial charge >= 0.3 is 0 Å². The fourth-order valence-corrected chi connectivity index (χ4v) is 5.73. The summed E-state index contributed by atoms with van der Waals surface area (Å²) < 4.78 is 30.5.